The predicted octanol–water partition coefficient (Wildman–Crippen LogP) is 2.44. The van der Waals surface area contributed by atoms with Gasteiger partial charge in [0.1, 0.15) is 0 Å². The van der Waals surface area contributed by atoms with Gasteiger partial charge in [0.05, 0.1) is 12.7 Å². The molecule has 0 aliphatic heterocycles. The summed E-state index contributed by atoms with van der Waals surface area (Å²) in [5, 5.41) is 10.1. The lowest BCUT2D eigenvalue weighted by Gasteiger charge is -2.08. The highest BCUT2D eigenvalue weighted by Gasteiger charge is 2.04. The van der Waals surface area contributed by atoms with Crippen molar-refractivity contribution in [2.24, 2.45) is 0 Å². The molecular weight excluding hydrogens is 220 g/mol. The van der Waals surface area contributed by atoms with Crippen molar-refractivity contribution < 1.29 is 9.84 Å². The first-order chi connectivity index (χ1) is 6.72. The average Bonchev–Trinajstić information content (AvgIpc) is 2.15. The minimum Gasteiger partial charge on any atom is -0.390 e. The number of methoxy groups -OCH3 is 1. The first-order valence-electron chi connectivity index (χ1n) is 4.27. The van der Waals surface area contributed by atoms with Gasteiger partial charge in [0.15, 0.2) is 0 Å². The Kier molecular flexibility index (Phi) is 5.33. The second-order valence-electron chi connectivity index (χ2n) is 2.88. The summed E-state index contributed by atoms with van der Waals surface area (Å²) < 4.78 is 4.83. The van der Waals surface area contributed by atoms with Gasteiger partial charge in [0.2, 0.25) is 0 Å². The van der Waals surface area contributed by atoms with E-state index in [0.717, 1.165) is 9.92 Å². The van der Waals surface area contributed by atoms with E-state index in [1.807, 2.05) is 24.3 Å². The largest absolute Gasteiger partial charge is 0.390 e. The molecule has 14 heavy (non-hydrogen) atoms. The van der Waals surface area contributed by atoms with E-state index >= 15 is 0 Å². The second kappa shape index (κ2) is 6.30. The Morgan fingerprint density at radius 1 is 1.57 bits per heavy atom. The van der Waals surface area contributed by atoms with Crippen LogP contribution in [0.25, 0.3) is 0 Å². The fourth-order valence-corrected chi connectivity index (χ4v) is 2.11. The summed E-state index contributed by atoms with van der Waals surface area (Å²) in [7, 11) is 1.58. The number of aliphatic hydroxyl groups excluding tert-OH is 1. The summed E-state index contributed by atoms with van der Waals surface area (Å²) in [6.45, 7) is 0.369. The number of hydrogen-bond donors (Lipinski definition) is 1. The normalized spacial score (nSPS) is 12.8. The maximum Gasteiger partial charge on any atom is 0.0867 e. The van der Waals surface area contributed by atoms with Crippen LogP contribution < -0.4 is 0 Å². The maximum absolute atomic E-state index is 9.40. The van der Waals surface area contributed by atoms with E-state index in [0.29, 0.717) is 12.4 Å². The van der Waals surface area contributed by atoms with Gasteiger partial charge in [-0.05, 0) is 18.2 Å². The van der Waals surface area contributed by atoms with E-state index < -0.39 is 6.10 Å². The molecule has 0 radical (unpaired) electrons. The van der Waals surface area contributed by atoms with Gasteiger partial charge in [-0.3, -0.25) is 0 Å². The molecule has 1 atom stereocenters. The van der Waals surface area contributed by atoms with E-state index in [2.05, 4.69) is 0 Å². The molecule has 0 aliphatic carbocycles. The molecule has 4 heteroatoms. The highest BCUT2D eigenvalue weighted by atomic mass is 35.5. The first kappa shape index (κ1) is 11.9. The lowest BCUT2D eigenvalue weighted by atomic mass is 10.4. The first-order valence-corrected chi connectivity index (χ1v) is 5.64. The van der Waals surface area contributed by atoms with Gasteiger partial charge < -0.3 is 9.84 Å². The van der Waals surface area contributed by atoms with Crippen LogP contribution in [0.5, 0.6) is 0 Å². The van der Waals surface area contributed by atoms with Crippen molar-refractivity contribution in [1.82, 2.24) is 0 Å². The molecule has 1 aromatic carbocycles. The van der Waals surface area contributed by atoms with Crippen molar-refractivity contribution >= 4 is 23.4 Å². The molecule has 1 rings (SSSR count). The Morgan fingerprint density at radius 3 is 3.00 bits per heavy atom. The SMILES string of the molecule is COCC(O)CSc1cccc(Cl)c1. The zero-order valence-corrected chi connectivity index (χ0v) is 9.52. The van der Waals surface area contributed by atoms with Crippen molar-refractivity contribution in [1.29, 1.82) is 0 Å². The smallest absolute Gasteiger partial charge is 0.0867 e. The summed E-state index contributed by atoms with van der Waals surface area (Å²) in [5.41, 5.74) is 0. The quantitative estimate of drug-likeness (QED) is 0.791. The van der Waals surface area contributed by atoms with Gasteiger partial charge >= 0.3 is 0 Å². The summed E-state index contributed by atoms with van der Waals surface area (Å²) in [4.78, 5) is 1.06. The monoisotopic (exact) mass is 232 g/mol. The maximum atomic E-state index is 9.40. The molecule has 0 saturated carbocycles. The van der Waals surface area contributed by atoms with Crippen molar-refractivity contribution in [3.05, 3.63) is 29.3 Å². The Morgan fingerprint density at radius 2 is 2.36 bits per heavy atom. The standard InChI is InChI=1S/C10H13ClO2S/c1-13-6-9(12)7-14-10-4-2-3-8(11)5-10/h2-5,9,12H,6-7H2,1H3. The molecule has 0 saturated heterocycles. The molecule has 0 spiro atoms. The van der Waals surface area contributed by atoms with Crippen molar-refractivity contribution in [2.75, 3.05) is 19.5 Å². The van der Waals surface area contributed by atoms with Gasteiger partial charge in [0, 0.05) is 22.8 Å². The predicted molar refractivity (Wildman–Crippen MR) is 60.1 cm³/mol. The van der Waals surface area contributed by atoms with Crippen LogP contribution in [0.2, 0.25) is 5.02 Å². The van der Waals surface area contributed by atoms with E-state index in [4.69, 9.17) is 16.3 Å². The molecule has 0 aliphatic rings. The number of thioether (sulfide) groups is 1. The van der Waals surface area contributed by atoms with Crippen LogP contribution in [-0.4, -0.2) is 30.7 Å². The van der Waals surface area contributed by atoms with Crippen LogP contribution in [0, 0.1) is 0 Å². The van der Waals surface area contributed by atoms with E-state index in [9.17, 15) is 5.11 Å². The third-order valence-corrected chi connectivity index (χ3v) is 2.97. The fourth-order valence-electron chi connectivity index (χ4n) is 0.990. The molecule has 1 unspecified atom stereocenters. The van der Waals surface area contributed by atoms with Crippen LogP contribution in [0.3, 0.4) is 0 Å². The average molecular weight is 233 g/mol. The van der Waals surface area contributed by atoms with E-state index in [-0.39, 0.29) is 0 Å². The van der Waals surface area contributed by atoms with Crippen molar-refractivity contribution in [3.63, 3.8) is 0 Å². The van der Waals surface area contributed by atoms with Gasteiger partial charge in [-0.25, -0.2) is 0 Å². The van der Waals surface area contributed by atoms with Gasteiger partial charge in [0.25, 0.3) is 0 Å². The summed E-state index contributed by atoms with van der Waals surface area (Å²) >= 11 is 7.39. The molecule has 0 bridgehead atoms. The molecule has 2 nitrogen and oxygen atoms in total. The Hall–Kier alpha value is -0.220. The van der Waals surface area contributed by atoms with Gasteiger partial charge in [-0.2, -0.15) is 0 Å². The van der Waals surface area contributed by atoms with Crippen molar-refractivity contribution in [2.45, 2.75) is 11.0 Å². The topological polar surface area (TPSA) is 29.5 Å². The Bertz CT molecular complexity index is 281. The van der Waals surface area contributed by atoms with Gasteiger partial charge in [-0.15, -0.1) is 11.8 Å². The number of hydrogen-bond acceptors (Lipinski definition) is 3. The van der Waals surface area contributed by atoms with Crippen LogP contribution in [0.15, 0.2) is 29.2 Å². The third-order valence-electron chi connectivity index (χ3n) is 1.60. The van der Waals surface area contributed by atoms with Crippen molar-refractivity contribution in [3.8, 4) is 0 Å². The molecular formula is C10H13ClO2S. The van der Waals surface area contributed by atoms with Crippen LogP contribution >= 0.6 is 23.4 Å². The number of ether oxygens (including phenoxy) is 1. The summed E-state index contributed by atoms with van der Waals surface area (Å²) in [6.07, 6.45) is -0.427. The minimum absolute atomic E-state index is 0.369. The summed E-state index contributed by atoms with van der Waals surface area (Å²) in [5.74, 6) is 0.619. The van der Waals surface area contributed by atoms with Crippen LogP contribution in [0.1, 0.15) is 0 Å². The minimum atomic E-state index is -0.427. The number of rotatable bonds is 5. The lowest BCUT2D eigenvalue weighted by molar-refractivity contribution is 0.0794. The Balaban J connectivity index is 2.37. The highest BCUT2D eigenvalue weighted by molar-refractivity contribution is 7.99. The zero-order valence-electron chi connectivity index (χ0n) is 7.94. The van der Waals surface area contributed by atoms with Crippen LogP contribution in [-0.2, 0) is 4.74 Å². The number of aliphatic hydroxyl groups is 1. The molecule has 78 valence electrons. The Labute approximate surface area is 93.2 Å². The lowest BCUT2D eigenvalue weighted by Crippen LogP contribution is -2.16. The molecule has 1 N–H and O–H groups in total. The highest BCUT2D eigenvalue weighted by Crippen LogP contribution is 2.22. The molecule has 0 amide bonds. The fraction of sp³-hybridized carbons (Fsp3) is 0.400. The molecule has 0 aromatic heterocycles. The van der Waals surface area contributed by atoms with E-state index in [1.54, 1.807) is 18.9 Å². The zero-order chi connectivity index (χ0) is 10.4. The molecule has 1 aromatic rings. The summed E-state index contributed by atoms with van der Waals surface area (Å²) in [6, 6.07) is 7.58. The van der Waals surface area contributed by atoms with Gasteiger partial charge in [-0.1, -0.05) is 17.7 Å². The molecule has 0 heterocycles. The second-order valence-corrected chi connectivity index (χ2v) is 4.41. The third kappa shape index (κ3) is 4.33. The molecule has 0 fully saturated rings. The number of benzene rings is 1. The van der Waals surface area contributed by atoms with E-state index in [1.165, 1.54) is 0 Å². The van der Waals surface area contributed by atoms with Crippen LogP contribution in [0.4, 0.5) is 0 Å². The number of halogens is 1.